The first kappa shape index (κ1) is 16.4. The van der Waals surface area contributed by atoms with Gasteiger partial charge in [-0.1, -0.05) is 30.0 Å². The van der Waals surface area contributed by atoms with Gasteiger partial charge < -0.3 is 9.80 Å². The van der Waals surface area contributed by atoms with Crippen LogP contribution in [0.15, 0.2) is 35.5 Å². The predicted octanol–water partition coefficient (Wildman–Crippen LogP) is 1.84. The molecule has 0 N–H and O–H groups in total. The maximum Gasteiger partial charge on any atom is 0.236 e. The van der Waals surface area contributed by atoms with E-state index in [1.165, 1.54) is 17.4 Å². The van der Waals surface area contributed by atoms with E-state index in [1.807, 2.05) is 22.6 Å². The molecular weight excluding hydrogens is 336 g/mol. The van der Waals surface area contributed by atoms with Gasteiger partial charge in [-0.3, -0.25) is 4.79 Å². The summed E-state index contributed by atoms with van der Waals surface area (Å²) in [5.74, 6) is 0.169. The summed E-state index contributed by atoms with van der Waals surface area (Å²) in [7, 11) is 0. The molecule has 2 fully saturated rings. The van der Waals surface area contributed by atoms with Crippen LogP contribution >= 0.6 is 11.8 Å². The number of nitrogens with zero attached hydrogens (tertiary/aromatic N) is 6. The second kappa shape index (κ2) is 7.03. The first-order valence-electron chi connectivity index (χ1n) is 8.75. The fourth-order valence-electron chi connectivity index (χ4n) is 3.10. The monoisotopic (exact) mass is 358 g/mol. The minimum absolute atomic E-state index is 0.169. The normalized spacial score (nSPS) is 19.1. The van der Waals surface area contributed by atoms with Gasteiger partial charge in [-0.2, -0.15) is 0 Å². The van der Waals surface area contributed by atoms with Crippen molar-refractivity contribution in [3.63, 3.8) is 0 Å². The average Bonchev–Trinajstić information content (AvgIpc) is 3.41. The highest BCUT2D eigenvalue weighted by molar-refractivity contribution is 8.00. The lowest BCUT2D eigenvalue weighted by atomic mass is 10.2. The topological polar surface area (TPSA) is 67.2 Å². The van der Waals surface area contributed by atoms with Crippen molar-refractivity contribution in [1.29, 1.82) is 0 Å². The summed E-state index contributed by atoms with van der Waals surface area (Å²) >= 11 is 1.47. The van der Waals surface area contributed by atoms with Crippen molar-refractivity contribution in [2.75, 3.05) is 31.1 Å². The molecule has 7 nitrogen and oxygen atoms in total. The Morgan fingerprint density at radius 2 is 1.88 bits per heavy atom. The zero-order valence-corrected chi connectivity index (χ0v) is 15.1. The molecule has 25 heavy (non-hydrogen) atoms. The first-order chi connectivity index (χ1) is 12.2. The van der Waals surface area contributed by atoms with Crippen molar-refractivity contribution in [2.24, 2.45) is 0 Å². The highest BCUT2D eigenvalue weighted by atomic mass is 32.2. The maximum atomic E-state index is 12.8. The number of hydrogen-bond acceptors (Lipinski definition) is 6. The molecule has 2 heterocycles. The minimum Gasteiger partial charge on any atom is -0.368 e. The van der Waals surface area contributed by atoms with E-state index in [0.717, 1.165) is 44.2 Å². The molecule has 0 radical (unpaired) electrons. The SMILES string of the molecule is CC(Sc1nnnn1C1CC1)C(=O)N1CCN(c2ccccc2)CC1. The van der Waals surface area contributed by atoms with Gasteiger partial charge in [0.15, 0.2) is 0 Å². The first-order valence-corrected chi connectivity index (χ1v) is 9.63. The highest BCUT2D eigenvalue weighted by Crippen LogP contribution is 2.37. The van der Waals surface area contributed by atoms with Crippen LogP contribution in [0.1, 0.15) is 25.8 Å². The Labute approximate surface area is 151 Å². The van der Waals surface area contributed by atoms with Crippen LogP contribution in [0, 0.1) is 0 Å². The van der Waals surface area contributed by atoms with Crippen LogP contribution in [0.5, 0.6) is 0 Å². The number of aromatic nitrogens is 4. The lowest BCUT2D eigenvalue weighted by Crippen LogP contribution is -2.50. The van der Waals surface area contributed by atoms with Crippen molar-refractivity contribution in [2.45, 2.75) is 36.2 Å². The Morgan fingerprint density at radius 3 is 2.56 bits per heavy atom. The minimum atomic E-state index is -0.174. The number of anilines is 1. The largest absolute Gasteiger partial charge is 0.368 e. The molecule has 8 heteroatoms. The fourth-order valence-corrected chi connectivity index (χ4v) is 4.04. The van der Waals surface area contributed by atoms with Crippen LogP contribution in [0.25, 0.3) is 0 Å². The van der Waals surface area contributed by atoms with E-state index >= 15 is 0 Å². The van der Waals surface area contributed by atoms with Gasteiger partial charge >= 0.3 is 0 Å². The standard InChI is InChI=1S/C17H22N6OS/c1-13(25-17-18-19-20-23(17)15-7-8-15)16(24)22-11-9-21(10-12-22)14-5-3-2-4-6-14/h2-6,13,15H,7-12H2,1H3. The summed E-state index contributed by atoms with van der Waals surface area (Å²) < 4.78 is 1.86. The number of para-hydroxylation sites is 1. The van der Waals surface area contributed by atoms with Crippen LogP contribution < -0.4 is 4.90 Å². The molecule has 1 aromatic heterocycles. The van der Waals surface area contributed by atoms with E-state index in [-0.39, 0.29) is 11.2 Å². The zero-order valence-electron chi connectivity index (χ0n) is 14.3. The number of hydrogen-bond donors (Lipinski definition) is 0. The molecule has 0 bridgehead atoms. The van der Waals surface area contributed by atoms with Gasteiger partial charge in [0.25, 0.3) is 0 Å². The highest BCUT2D eigenvalue weighted by Gasteiger charge is 2.31. The number of amides is 1. The maximum absolute atomic E-state index is 12.8. The summed E-state index contributed by atoms with van der Waals surface area (Å²) in [6.45, 7) is 5.20. The third-order valence-electron chi connectivity index (χ3n) is 4.70. The van der Waals surface area contributed by atoms with E-state index in [2.05, 4.69) is 44.7 Å². The average molecular weight is 358 g/mol. The summed E-state index contributed by atoms with van der Waals surface area (Å²) in [5.41, 5.74) is 1.22. The molecular formula is C17H22N6OS. The molecule has 1 aliphatic heterocycles. The van der Waals surface area contributed by atoms with E-state index in [4.69, 9.17) is 0 Å². The van der Waals surface area contributed by atoms with Gasteiger partial charge in [0.05, 0.1) is 11.3 Å². The Balaban J connectivity index is 1.33. The molecule has 132 valence electrons. The second-order valence-electron chi connectivity index (χ2n) is 6.55. The van der Waals surface area contributed by atoms with Gasteiger partial charge in [-0.05, 0) is 42.3 Å². The van der Waals surface area contributed by atoms with E-state index in [1.54, 1.807) is 0 Å². The number of carbonyl (C=O) groups excluding carboxylic acids is 1. The number of benzene rings is 1. The zero-order chi connectivity index (χ0) is 17.2. The lowest BCUT2D eigenvalue weighted by molar-refractivity contribution is -0.130. The predicted molar refractivity (Wildman–Crippen MR) is 96.6 cm³/mol. The van der Waals surface area contributed by atoms with Crippen LogP contribution in [-0.4, -0.2) is 62.4 Å². The van der Waals surface area contributed by atoms with Crippen molar-refractivity contribution < 1.29 is 4.79 Å². The van der Waals surface area contributed by atoms with E-state index in [9.17, 15) is 4.79 Å². The molecule has 1 amide bonds. The summed E-state index contributed by atoms with van der Waals surface area (Å²) in [4.78, 5) is 17.1. The number of thioether (sulfide) groups is 1. The van der Waals surface area contributed by atoms with Gasteiger partial charge in [-0.15, -0.1) is 5.10 Å². The number of piperazine rings is 1. The molecule has 2 aromatic rings. The fraction of sp³-hybridized carbons (Fsp3) is 0.529. The number of tetrazole rings is 1. The van der Waals surface area contributed by atoms with Crippen molar-refractivity contribution in [3.8, 4) is 0 Å². The molecule has 1 atom stereocenters. The van der Waals surface area contributed by atoms with Crippen LogP contribution in [-0.2, 0) is 4.79 Å². The second-order valence-corrected chi connectivity index (χ2v) is 7.85. The molecule has 1 saturated carbocycles. The Bertz CT molecular complexity index is 724. The van der Waals surface area contributed by atoms with Gasteiger partial charge in [0.1, 0.15) is 0 Å². The third-order valence-corrected chi connectivity index (χ3v) is 5.73. The van der Waals surface area contributed by atoms with Crippen molar-refractivity contribution >= 4 is 23.4 Å². The van der Waals surface area contributed by atoms with Gasteiger partial charge in [0.2, 0.25) is 11.1 Å². The quantitative estimate of drug-likeness (QED) is 0.760. The van der Waals surface area contributed by atoms with Gasteiger partial charge in [0, 0.05) is 31.9 Å². The van der Waals surface area contributed by atoms with Crippen LogP contribution in [0.4, 0.5) is 5.69 Å². The van der Waals surface area contributed by atoms with Crippen LogP contribution in [0.3, 0.4) is 0 Å². The van der Waals surface area contributed by atoms with E-state index in [0.29, 0.717) is 6.04 Å². The Morgan fingerprint density at radius 1 is 1.16 bits per heavy atom. The van der Waals surface area contributed by atoms with E-state index < -0.39 is 0 Å². The molecule has 1 aliphatic carbocycles. The summed E-state index contributed by atoms with van der Waals surface area (Å²) in [6.07, 6.45) is 2.25. The third kappa shape index (κ3) is 3.63. The molecule has 1 saturated heterocycles. The molecule has 2 aliphatic rings. The Kier molecular flexibility index (Phi) is 4.61. The van der Waals surface area contributed by atoms with Crippen LogP contribution in [0.2, 0.25) is 0 Å². The molecule has 0 spiro atoms. The molecule has 1 aromatic carbocycles. The number of rotatable bonds is 5. The van der Waals surface area contributed by atoms with Crippen molar-refractivity contribution in [3.05, 3.63) is 30.3 Å². The van der Waals surface area contributed by atoms with Crippen molar-refractivity contribution in [1.82, 2.24) is 25.1 Å². The molecule has 1 unspecified atom stereocenters. The smallest absolute Gasteiger partial charge is 0.236 e. The lowest BCUT2D eigenvalue weighted by Gasteiger charge is -2.37. The summed E-state index contributed by atoms with van der Waals surface area (Å²) in [6, 6.07) is 10.8. The van der Waals surface area contributed by atoms with Gasteiger partial charge in [-0.25, -0.2) is 4.68 Å². The number of carbonyl (C=O) groups is 1. The Hall–Kier alpha value is -2.09. The molecule has 4 rings (SSSR count). The summed E-state index contributed by atoms with van der Waals surface area (Å²) in [5, 5.41) is 12.5.